The van der Waals surface area contributed by atoms with Gasteiger partial charge in [0.05, 0.1) is 10.5 Å². The van der Waals surface area contributed by atoms with Gasteiger partial charge in [0.1, 0.15) is 0 Å². The number of nitrogens with one attached hydrogen (secondary N) is 1. The molecule has 0 spiro atoms. The molecule has 1 aliphatic heterocycles. The lowest BCUT2D eigenvalue weighted by Crippen LogP contribution is -2.32. The Labute approximate surface area is 175 Å². The molecule has 1 heterocycles. The third-order valence-electron chi connectivity index (χ3n) is 5.11. The Morgan fingerprint density at radius 1 is 1.24 bits per heavy atom. The van der Waals surface area contributed by atoms with Gasteiger partial charge in [-0.3, -0.25) is 19.8 Å². The molecule has 1 amide bonds. The third-order valence-corrected chi connectivity index (χ3v) is 6.05. The van der Waals surface area contributed by atoms with E-state index in [1.165, 1.54) is 17.7 Å². The summed E-state index contributed by atoms with van der Waals surface area (Å²) in [6.07, 6.45) is 0. The molecule has 0 radical (unpaired) electrons. The molecule has 2 aromatic carbocycles. The van der Waals surface area contributed by atoms with Crippen molar-refractivity contribution in [3.05, 3.63) is 63.2 Å². The predicted molar refractivity (Wildman–Crippen MR) is 119 cm³/mol. The highest BCUT2D eigenvalue weighted by Crippen LogP contribution is 2.27. The van der Waals surface area contributed by atoms with E-state index in [4.69, 9.17) is 0 Å². The Morgan fingerprint density at radius 2 is 1.97 bits per heavy atom. The van der Waals surface area contributed by atoms with Crippen molar-refractivity contribution in [3.8, 4) is 0 Å². The Balaban J connectivity index is 1.84. The molecule has 154 valence electrons. The maximum absolute atomic E-state index is 13.0. The molecule has 0 aromatic heterocycles. The first kappa shape index (κ1) is 21.1. The molecule has 0 bridgehead atoms. The topological polar surface area (TPSA) is 78.7 Å². The number of thioether (sulfide) groups is 1. The van der Waals surface area contributed by atoms with Crippen molar-refractivity contribution in [1.29, 1.82) is 0 Å². The number of carbonyl (C=O) groups is 1. The van der Waals surface area contributed by atoms with Crippen LogP contribution in [0.5, 0.6) is 0 Å². The second-order valence-corrected chi connectivity index (χ2v) is 8.51. The van der Waals surface area contributed by atoms with Crippen molar-refractivity contribution < 1.29 is 9.72 Å². The van der Waals surface area contributed by atoms with Crippen LogP contribution in [0.2, 0.25) is 0 Å². The molecule has 1 N–H and O–H groups in total. The molecule has 8 heteroatoms. The molecule has 1 saturated heterocycles. The Morgan fingerprint density at radius 3 is 2.62 bits per heavy atom. The zero-order valence-corrected chi connectivity index (χ0v) is 17.8. The van der Waals surface area contributed by atoms with Crippen molar-refractivity contribution in [1.82, 2.24) is 4.90 Å². The Kier molecular flexibility index (Phi) is 6.76. The summed E-state index contributed by atoms with van der Waals surface area (Å²) in [4.78, 5) is 27.9. The van der Waals surface area contributed by atoms with Gasteiger partial charge in [-0.25, -0.2) is 0 Å². The normalized spacial score (nSPS) is 14.4. The number of nitro benzene ring substituents is 1. The van der Waals surface area contributed by atoms with Crippen LogP contribution in [0.4, 0.5) is 17.1 Å². The van der Waals surface area contributed by atoms with Gasteiger partial charge in [-0.05, 0) is 30.2 Å². The van der Waals surface area contributed by atoms with Crippen LogP contribution in [-0.2, 0) is 6.54 Å². The summed E-state index contributed by atoms with van der Waals surface area (Å²) < 4.78 is 0. The molecule has 7 nitrogen and oxygen atoms in total. The number of benzene rings is 2. The lowest BCUT2D eigenvalue weighted by Gasteiger charge is -2.27. The molecule has 0 saturated carbocycles. The number of carbonyl (C=O) groups excluding carboxylic acids is 1. The van der Waals surface area contributed by atoms with Crippen LogP contribution in [-0.4, -0.2) is 54.4 Å². The first-order valence-electron chi connectivity index (χ1n) is 9.52. The lowest BCUT2D eigenvalue weighted by molar-refractivity contribution is -0.384. The lowest BCUT2D eigenvalue weighted by atomic mass is 10.0. The average Bonchev–Trinajstić information content (AvgIpc) is 2.71. The number of rotatable bonds is 6. The van der Waals surface area contributed by atoms with Gasteiger partial charge in [-0.1, -0.05) is 12.1 Å². The number of non-ortho nitro benzene ring substituents is 1. The minimum absolute atomic E-state index is 0.103. The van der Waals surface area contributed by atoms with E-state index in [2.05, 4.69) is 16.3 Å². The first-order valence-corrected chi connectivity index (χ1v) is 10.7. The van der Waals surface area contributed by atoms with Gasteiger partial charge in [0, 0.05) is 68.7 Å². The fourth-order valence-electron chi connectivity index (χ4n) is 3.39. The van der Waals surface area contributed by atoms with E-state index in [1.54, 1.807) is 25.1 Å². The smallest absolute Gasteiger partial charge is 0.270 e. The molecule has 0 unspecified atom stereocenters. The van der Waals surface area contributed by atoms with Crippen LogP contribution in [0.1, 0.15) is 21.5 Å². The average molecular weight is 415 g/mol. The fourth-order valence-corrected chi connectivity index (χ4v) is 4.37. The van der Waals surface area contributed by atoms with Gasteiger partial charge >= 0.3 is 0 Å². The number of nitro groups is 1. The van der Waals surface area contributed by atoms with Crippen LogP contribution in [0.15, 0.2) is 36.4 Å². The zero-order chi connectivity index (χ0) is 21.0. The van der Waals surface area contributed by atoms with Crippen LogP contribution in [0, 0.1) is 17.0 Å². The van der Waals surface area contributed by atoms with Crippen molar-refractivity contribution in [3.63, 3.8) is 0 Å². The summed E-state index contributed by atoms with van der Waals surface area (Å²) in [5.74, 6) is 1.94. The van der Waals surface area contributed by atoms with E-state index in [0.29, 0.717) is 5.69 Å². The molecule has 3 rings (SSSR count). The van der Waals surface area contributed by atoms with Crippen molar-refractivity contribution >= 4 is 34.7 Å². The van der Waals surface area contributed by atoms with Gasteiger partial charge in [0.2, 0.25) is 0 Å². The van der Waals surface area contributed by atoms with Crippen molar-refractivity contribution in [2.24, 2.45) is 0 Å². The van der Waals surface area contributed by atoms with E-state index >= 15 is 0 Å². The van der Waals surface area contributed by atoms with E-state index in [0.717, 1.165) is 42.4 Å². The number of anilines is 2. The van der Waals surface area contributed by atoms with Crippen molar-refractivity contribution in [2.75, 3.05) is 48.9 Å². The highest BCUT2D eigenvalue weighted by molar-refractivity contribution is 7.99. The third kappa shape index (κ3) is 5.07. The van der Waals surface area contributed by atoms with Crippen LogP contribution >= 0.6 is 11.8 Å². The van der Waals surface area contributed by atoms with E-state index in [1.807, 2.05) is 30.8 Å². The molecule has 2 aromatic rings. The Bertz CT molecular complexity index is 911. The van der Waals surface area contributed by atoms with E-state index < -0.39 is 4.92 Å². The van der Waals surface area contributed by atoms with Gasteiger partial charge in [-0.2, -0.15) is 11.8 Å². The molecule has 1 aliphatic rings. The quantitative estimate of drug-likeness (QED) is 0.573. The van der Waals surface area contributed by atoms with E-state index in [-0.39, 0.29) is 17.2 Å². The molecular weight excluding hydrogens is 388 g/mol. The van der Waals surface area contributed by atoms with Crippen LogP contribution < -0.4 is 10.2 Å². The SMILES string of the molecule is Cc1c(CN2CCSCC2)cccc1NC(=O)c1cc([N+](=O)[O-])ccc1N(C)C. The largest absolute Gasteiger partial charge is 0.377 e. The Hall–Kier alpha value is -2.58. The zero-order valence-electron chi connectivity index (χ0n) is 17.0. The number of hydrogen-bond acceptors (Lipinski definition) is 6. The van der Waals surface area contributed by atoms with E-state index in [9.17, 15) is 14.9 Å². The predicted octanol–water partition coefficient (Wildman–Crippen LogP) is 3.77. The molecular formula is C21H26N4O3S. The van der Waals surface area contributed by atoms with Crippen LogP contribution in [0.25, 0.3) is 0 Å². The summed E-state index contributed by atoms with van der Waals surface area (Å²) >= 11 is 1.98. The summed E-state index contributed by atoms with van der Waals surface area (Å²) in [7, 11) is 3.61. The molecule has 0 atom stereocenters. The maximum Gasteiger partial charge on any atom is 0.270 e. The van der Waals surface area contributed by atoms with Gasteiger partial charge in [0.25, 0.3) is 11.6 Å². The van der Waals surface area contributed by atoms with Crippen molar-refractivity contribution in [2.45, 2.75) is 13.5 Å². The minimum Gasteiger partial charge on any atom is -0.377 e. The second-order valence-electron chi connectivity index (χ2n) is 7.29. The standard InChI is InChI=1S/C21H26N4O3S/c1-15-16(14-24-9-11-29-12-10-24)5-4-6-19(15)22-21(26)18-13-17(25(27)28)7-8-20(18)23(2)3/h4-8,13H,9-12,14H2,1-3H3,(H,22,26). The summed E-state index contributed by atoms with van der Waals surface area (Å²) in [5, 5.41) is 14.1. The monoisotopic (exact) mass is 414 g/mol. The summed E-state index contributed by atoms with van der Waals surface area (Å²) in [6.45, 7) is 5.00. The van der Waals surface area contributed by atoms with Gasteiger partial charge < -0.3 is 10.2 Å². The number of amides is 1. The van der Waals surface area contributed by atoms with Crippen LogP contribution in [0.3, 0.4) is 0 Å². The molecule has 0 aliphatic carbocycles. The van der Waals surface area contributed by atoms with Gasteiger partial charge in [0.15, 0.2) is 0 Å². The molecule has 29 heavy (non-hydrogen) atoms. The highest BCUT2D eigenvalue weighted by Gasteiger charge is 2.19. The van der Waals surface area contributed by atoms with Gasteiger partial charge in [-0.15, -0.1) is 0 Å². The fraction of sp³-hybridized carbons (Fsp3) is 0.381. The summed E-state index contributed by atoms with van der Waals surface area (Å²) in [5.41, 5.74) is 3.75. The molecule has 1 fully saturated rings. The second kappa shape index (κ2) is 9.28. The maximum atomic E-state index is 13.0. The number of hydrogen-bond donors (Lipinski definition) is 1. The number of nitrogens with zero attached hydrogens (tertiary/aromatic N) is 3. The highest BCUT2D eigenvalue weighted by atomic mass is 32.2. The minimum atomic E-state index is -0.487. The summed E-state index contributed by atoms with van der Waals surface area (Å²) in [6, 6.07) is 10.2. The first-order chi connectivity index (χ1) is 13.9.